The first-order chi connectivity index (χ1) is 14.7. The number of para-hydroxylation sites is 1. The second-order valence-electron chi connectivity index (χ2n) is 9.15. The van der Waals surface area contributed by atoms with E-state index in [1.54, 1.807) is 0 Å². The molecule has 0 atom stereocenters. The van der Waals surface area contributed by atoms with Gasteiger partial charge in [-0.05, 0) is 59.6 Å². The number of hydrogen-bond acceptors (Lipinski definition) is 4. The van der Waals surface area contributed by atoms with Crippen molar-refractivity contribution in [3.05, 3.63) is 76.5 Å². The smallest absolute Gasteiger partial charge is 0.339 e. The number of benzene rings is 2. The van der Waals surface area contributed by atoms with Crippen molar-refractivity contribution in [1.82, 2.24) is 4.98 Å². The van der Waals surface area contributed by atoms with Crippen molar-refractivity contribution in [2.75, 3.05) is 6.61 Å². The van der Waals surface area contributed by atoms with Crippen LogP contribution in [0.4, 0.5) is 0 Å². The molecule has 31 heavy (non-hydrogen) atoms. The second-order valence-corrected chi connectivity index (χ2v) is 9.15. The van der Waals surface area contributed by atoms with E-state index in [0.717, 1.165) is 46.1 Å². The van der Waals surface area contributed by atoms with Gasteiger partial charge in [-0.1, -0.05) is 63.2 Å². The lowest BCUT2D eigenvalue weighted by Crippen LogP contribution is -2.14. The van der Waals surface area contributed by atoms with E-state index in [4.69, 9.17) is 9.72 Å². The molecule has 0 N–H and O–H groups in total. The molecule has 0 saturated carbocycles. The average molecular weight is 414 g/mol. The molecule has 0 aliphatic heterocycles. The number of Topliss-reactive ketones (excluding diaryl/α,β-unsaturated/α-hetero) is 1. The summed E-state index contributed by atoms with van der Waals surface area (Å²) < 4.78 is 5.29. The summed E-state index contributed by atoms with van der Waals surface area (Å²) in [5.41, 5.74) is 6.69. The zero-order chi connectivity index (χ0) is 22.2. The van der Waals surface area contributed by atoms with Crippen LogP contribution in [0.1, 0.15) is 66.9 Å². The van der Waals surface area contributed by atoms with E-state index in [2.05, 4.69) is 51.1 Å². The highest BCUT2D eigenvalue weighted by molar-refractivity contribution is 6.07. The molecule has 4 nitrogen and oxygen atoms in total. The van der Waals surface area contributed by atoms with Gasteiger partial charge in [0.25, 0.3) is 0 Å². The number of carbonyl (C=O) groups is 2. The molecule has 1 aliphatic rings. The standard InChI is InChI=1S/C27H27NO3/c1-17(29)16-31-26(30)24-21-7-5-6-8-23(21)28-25-19(11-14-22(24)25)15-18-9-12-20(13-10-18)27(2,3)4/h5-10,12-13,15H,11,14,16H2,1-4H3/b19-15+. The number of esters is 1. The Bertz CT molecular complexity index is 1200. The predicted octanol–water partition coefficient (Wildman–Crippen LogP) is 5.76. The van der Waals surface area contributed by atoms with Crippen molar-refractivity contribution in [3.8, 4) is 0 Å². The van der Waals surface area contributed by atoms with Gasteiger partial charge >= 0.3 is 5.97 Å². The molecular formula is C27H27NO3. The van der Waals surface area contributed by atoms with E-state index in [-0.39, 0.29) is 17.8 Å². The minimum atomic E-state index is -0.458. The lowest BCUT2D eigenvalue weighted by Gasteiger charge is -2.18. The number of pyridine rings is 1. The van der Waals surface area contributed by atoms with Gasteiger partial charge in [-0.15, -0.1) is 0 Å². The van der Waals surface area contributed by atoms with E-state index in [1.165, 1.54) is 12.5 Å². The van der Waals surface area contributed by atoms with Crippen LogP contribution in [0.2, 0.25) is 0 Å². The van der Waals surface area contributed by atoms with Crippen LogP contribution in [0.3, 0.4) is 0 Å². The summed E-state index contributed by atoms with van der Waals surface area (Å²) in [7, 11) is 0. The predicted molar refractivity (Wildman–Crippen MR) is 124 cm³/mol. The number of ether oxygens (including phenoxy) is 1. The minimum absolute atomic E-state index is 0.112. The number of nitrogens with zero attached hydrogens (tertiary/aromatic N) is 1. The number of rotatable bonds is 4. The third-order valence-corrected chi connectivity index (χ3v) is 5.67. The molecule has 0 amide bonds. The van der Waals surface area contributed by atoms with E-state index >= 15 is 0 Å². The fourth-order valence-corrected chi connectivity index (χ4v) is 4.03. The fraction of sp³-hybridized carbons (Fsp3) is 0.296. The van der Waals surface area contributed by atoms with Crippen LogP contribution in [0.25, 0.3) is 22.6 Å². The molecule has 1 aromatic heterocycles. The van der Waals surface area contributed by atoms with Crippen molar-refractivity contribution in [2.24, 2.45) is 0 Å². The molecule has 0 radical (unpaired) electrons. The molecule has 0 spiro atoms. The summed E-state index contributed by atoms with van der Waals surface area (Å²) in [5.74, 6) is -0.636. The Kier molecular flexibility index (Phi) is 5.48. The Hall–Kier alpha value is -3.27. The molecule has 0 fully saturated rings. The lowest BCUT2D eigenvalue weighted by atomic mass is 9.86. The van der Waals surface area contributed by atoms with Gasteiger partial charge in [0.2, 0.25) is 0 Å². The van der Waals surface area contributed by atoms with Crippen LogP contribution in [0.15, 0.2) is 48.5 Å². The van der Waals surface area contributed by atoms with Crippen molar-refractivity contribution in [2.45, 2.75) is 46.0 Å². The van der Waals surface area contributed by atoms with Gasteiger partial charge in [0.15, 0.2) is 5.78 Å². The molecule has 0 bridgehead atoms. The Morgan fingerprint density at radius 1 is 1.03 bits per heavy atom. The number of carbonyl (C=O) groups excluding carboxylic acids is 2. The Morgan fingerprint density at radius 3 is 2.42 bits per heavy atom. The SMILES string of the molecule is CC(=O)COC(=O)c1c2c(nc3ccccc13)/C(=C/c1ccc(C(C)(C)C)cc1)CC2. The summed E-state index contributed by atoms with van der Waals surface area (Å²) in [4.78, 5) is 29.1. The first kappa shape index (κ1) is 21.0. The van der Waals surface area contributed by atoms with Crippen molar-refractivity contribution >= 4 is 34.3 Å². The maximum atomic E-state index is 12.9. The van der Waals surface area contributed by atoms with E-state index in [9.17, 15) is 9.59 Å². The summed E-state index contributed by atoms with van der Waals surface area (Å²) in [6, 6.07) is 16.2. The van der Waals surface area contributed by atoms with Gasteiger partial charge in [-0.25, -0.2) is 9.78 Å². The van der Waals surface area contributed by atoms with Crippen LogP contribution in [0.5, 0.6) is 0 Å². The quantitative estimate of drug-likeness (QED) is 0.510. The first-order valence-electron chi connectivity index (χ1n) is 10.6. The van der Waals surface area contributed by atoms with Crippen LogP contribution in [-0.2, 0) is 21.4 Å². The van der Waals surface area contributed by atoms with Crippen LogP contribution in [0, 0.1) is 0 Å². The maximum absolute atomic E-state index is 12.9. The molecule has 1 heterocycles. The Labute approximate surface area is 183 Å². The van der Waals surface area contributed by atoms with Crippen LogP contribution >= 0.6 is 0 Å². The monoisotopic (exact) mass is 413 g/mol. The van der Waals surface area contributed by atoms with E-state index < -0.39 is 5.97 Å². The topological polar surface area (TPSA) is 56.3 Å². The number of aromatic nitrogens is 1. The van der Waals surface area contributed by atoms with Crippen molar-refractivity contribution in [1.29, 1.82) is 0 Å². The van der Waals surface area contributed by atoms with Crippen molar-refractivity contribution < 1.29 is 14.3 Å². The molecule has 1 aliphatic carbocycles. The summed E-state index contributed by atoms with van der Waals surface area (Å²) in [5, 5.41) is 0.769. The number of fused-ring (bicyclic) bond motifs is 2. The molecule has 4 rings (SSSR count). The normalized spacial score (nSPS) is 14.6. The average Bonchev–Trinajstić information content (AvgIpc) is 3.12. The molecule has 0 unspecified atom stereocenters. The zero-order valence-corrected chi connectivity index (χ0v) is 18.5. The molecule has 4 heteroatoms. The van der Waals surface area contributed by atoms with E-state index in [0.29, 0.717) is 5.56 Å². The highest BCUT2D eigenvalue weighted by Crippen LogP contribution is 2.38. The third kappa shape index (κ3) is 4.29. The van der Waals surface area contributed by atoms with Gasteiger partial charge in [0.05, 0.1) is 16.8 Å². The highest BCUT2D eigenvalue weighted by Gasteiger charge is 2.27. The molecule has 2 aromatic carbocycles. The number of ketones is 1. The van der Waals surface area contributed by atoms with Gasteiger partial charge in [-0.3, -0.25) is 4.79 Å². The summed E-state index contributed by atoms with van der Waals surface area (Å²) >= 11 is 0. The van der Waals surface area contributed by atoms with Crippen molar-refractivity contribution in [3.63, 3.8) is 0 Å². The van der Waals surface area contributed by atoms with Gasteiger partial charge in [-0.2, -0.15) is 0 Å². The molecular weight excluding hydrogens is 386 g/mol. The number of hydrogen-bond donors (Lipinski definition) is 0. The third-order valence-electron chi connectivity index (χ3n) is 5.67. The molecule has 3 aromatic rings. The Morgan fingerprint density at radius 2 is 1.74 bits per heavy atom. The maximum Gasteiger partial charge on any atom is 0.339 e. The van der Waals surface area contributed by atoms with E-state index in [1.807, 2.05) is 24.3 Å². The minimum Gasteiger partial charge on any atom is -0.454 e. The molecule has 158 valence electrons. The van der Waals surface area contributed by atoms with Crippen LogP contribution in [-0.4, -0.2) is 23.3 Å². The zero-order valence-electron chi connectivity index (χ0n) is 18.5. The lowest BCUT2D eigenvalue weighted by molar-refractivity contribution is -0.120. The summed E-state index contributed by atoms with van der Waals surface area (Å²) in [6.45, 7) is 7.81. The first-order valence-corrected chi connectivity index (χ1v) is 10.6. The van der Waals surface area contributed by atoms with Gasteiger partial charge in [0, 0.05) is 5.39 Å². The van der Waals surface area contributed by atoms with Gasteiger partial charge in [0.1, 0.15) is 6.61 Å². The second kappa shape index (κ2) is 8.10. The van der Waals surface area contributed by atoms with Crippen LogP contribution < -0.4 is 0 Å². The van der Waals surface area contributed by atoms with Gasteiger partial charge < -0.3 is 4.74 Å². The highest BCUT2D eigenvalue weighted by atomic mass is 16.5. The summed E-state index contributed by atoms with van der Waals surface area (Å²) in [6.07, 6.45) is 3.70. The Balaban J connectivity index is 1.77. The fourth-order valence-electron chi connectivity index (χ4n) is 4.03. The largest absolute Gasteiger partial charge is 0.454 e. The number of allylic oxidation sites excluding steroid dienone is 1. The molecule has 0 saturated heterocycles.